The summed E-state index contributed by atoms with van der Waals surface area (Å²) in [6.45, 7) is 13.2. The number of hydrogen-bond donors (Lipinski definition) is 1. The first-order valence-corrected chi connectivity index (χ1v) is 13.6. The third-order valence-electron chi connectivity index (χ3n) is 5.39. The Morgan fingerprint density at radius 3 is 2.29 bits per heavy atom. The van der Waals surface area contributed by atoms with Crippen LogP contribution in [0, 0.1) is 5.92 Å². The molecule has 0 saturated heterocycles. The van der Waals surface area contributed by atoms with Gasteiger partial charge in [0.2, 0.25) is 0 Å². The summed E-state index contributed by atoms with van der Waals surface area (Å²) in [7, 11) is -1.54. The molecule has 2 nitrogen and oxygen atoms in total. The summed E-state index contributed by atoms with van der Waals surface area (Å²) in [6.07, 6.45) is 14.6. The van der Waals surface area contributed by atoms with E-state index in [4.69, 9.17) is 4.43 Å². The summed E-state index contributed by atoms with van der Waals surface area (Å²) in [4.78, 5) is 0. The lowest BCUT2D eigenvalue weighted by atomic mass is 9.75. The first kappa shape index (κ1) is 21.9. The van der Waals surface area contributed by atoms with Crippen LogP contribution in [-0.4, -0.2) is 25.1 Å². The second-order valence-electron chi connectivity index (χ2n) is 9.06. The maximum atomic E-state index is 11.0. The Bertz CT molecular complexity index is 382. The van der Waals surface area contributed by atoms with Crippen molar-refractivity contribution in [2.24, 2.45) is 5.92 Å². The van der Waals surface area contributed by atoms with Crippen LogP contribution < -0.4 is 0 Å². The molecule has 0 aromatic heterocycles. The standard InChI is InChI=1S/C21H42O2Si/c1-7-8-9-10-11-12-13-16-21(3,22)19-15-14-18(2)20(17-19)23-24(4,5)6/h14,19-20,22H,7-13,15-17H2,1-6H3/t19-,20?,21?/m1/s1. The molecule has 0 heterocycles. The molecular weight excluding hydrogens is 312 g/mol. The molecule has 0 aromatic carbocycles. The molecule has 0 radical (unpaired) electrons. The summed E-state index contributed by atoms with van der Waals surface area (Å²) in [5, 5.41) is 11.0. The Morgan fingerprint density at radius 1 is 1.12 bits per heavy atom. The number of rotatable bonds is 11. The average molecular weight is 355 g/mol. The number of aliphatic hydroxyl groups is 1. The molecule has 3 heteroatoms. The van der Waals surface area contributed by atoms with E-state index in [9.17, 15) is 5.11 Å². The van der Waals surface area contributed by atoms with E-state index in [1.54, 1.807) is 0 Å². The van der Waals surface area contributed by atoms with Crippen LogP contribution in [0.25, 0.3) is 0 Å². The van der Waals surface area contributed by atoms with Crippen LogP contribution in [0.3, 0.4) is 0 Å². The summed E-state index contributed by atoms with van der Waals surface area (Å²) in [6, 6.07) is 0. The molecule has 3 atom stereocenters. The molecule has 1 aliphatic carbocycles. The molecule has 0 amide bonds. The third kappa shape index (κ3) is 8.31. The molecule has 0 saturated carbocycles. The van der Waals surface area contributed by atoms with E-state index in [2.05, 4.69) is 46.5 Å². The van der Waals surface area contributed by atoms with Gasteiger partial charge in [-0.3, -0.25) is 0 Å². The number of hydrogen-bond acceptors (Lipinski definition) is 2. The van der Waals surface area contributed by atoms with Crippen molar-refractivity contribution in [2.75, 3.05) is 0 Å². The molecular formula is C21H42O2Si. The minimum absolute atomic E-state index is 0.218. The quantitative estimate of drug-likeness (QED) is 0.262. The molecule has 0 aliphatic heterocycles. The van der Waals surface area contributed by atoms with E-state index in [0.29, 0.717) is 5.92 Å². The van der Waals surface area contributed by atoms with Crippen molar-refractivity contribution >= 4 is 8.32 Å². The van der Waals surface area contributed by atoms with Gasteiger partial charge in [0.25, 0.3) is 0 Å². The lowest BCUT2D eigenvalue weighted by molar-refractivity contribution is -0.0277. The molecule has 0 bridgehead atoms. The van der Waals surface area contributed by atoms with Gasteiger partial charge >= 0.3 is 0 Å². The lowest BCUT2D eigenvalue weighted by Crippen LogP contribution is -2.42. The van der Waals surface area contributed by atoms with E-state index in [-0.39, 0.29) is 6.10 Å². The van der Waals surface area contributed by atoms with E-state index in [0.717, 1.165) is 25.7 Å². The molecule has 0 fully saturated rings. The van der Waals surface area contributed by atoms with Crippen molar-refractivity contribution in [1.29, 1.82) is 0 Å². The van der Waals surface area contributed by atoms with Crippen LogP contribution in [0.1, 0.15) is 85.0 Å². The predicted octanol–water partition coefficient (Wildman–Crippen LogP) is 6.45. The topological polar surface area (TPSA) is 29.5 Å². The van der Waals surface area contributed by atoms with Gasteiger partial charge in [-0.2, -0.15) is 0 Å². The Hall–Kier alpha value is -0.123. The van der Waals surface area contributed by atoms with Crippen LogP contribution in [0.15, 0.2) is 11.6 Å². The smallest absolute Gasteiger partial charge is 0.184 e. The van der Waals surface area contributed by atoms with Gasteiger partial charge in [-0.25, -0.2) is 0 Å². The van der Waals surface area contributed by atoms with Gasteiger partial charge in [-0.15, -0.1) is 0 Å². The van der Waals surface area contributed by atoms with Gasteiger partial charge in [0, 0.05) is 0 Å². The fourth-order valence-electron chi connectivity index (χ4n) is 3.72. The molecule has 24 heavy (non-hydrogen) atoms. The molecule has 1 aliphatic rings. The summed E-state index contributed by atoms with van der Waals surface area (Å²) >= 11 is 0. The summed E-state index contributed by atoms with van der Waals surface area (Å²) in [5.41, 5.74) is 0.808. The average Bonchev–Trinajstić information content (AvgIpc) is 2.47. The van der Waals surface area contributed by atoms with Crippen molar-refractivity contribution in [3.05, 3.63) is 11.6 Å². The van der Waals surface area contributed by atoms with Crippen LogP contribution in [0.4, 0.5) is 0 Å². The first-order chi connectivity index (χ1) is 11.2. The van der Waals surface area contributed by atoms with Gasteiger partial charge in [0.1, 0.15) is 0 Å². The van der Waals surface area contributed by atoms with Crippen molar-refractivity contribution in [3.63, 3.8) is 0 Å². The van der Waals surface area contributed by atoms with Crippen molar-refractivity contribution in [3.8, 4) is 0 Å². The van der Waals surface area contributed by atoms with Crippen molar-refractivity contribution in [2.45, 2.75) is 116 Å². The van der Waals surface area contributed by atoms with Crippen molar-refractivity contribution < 1.29 is 9.53 Å². The van der Waals surface area contributed by atoms with Crippen LogP contribution in [0.2, 0.25) is 19.6 Å². The zero-order valence-electron chi connectivity index (χ0n) is 17.2. The second-order valence-corrected chi connectivity index (χ2v) is 13.5. The molecule has 142 valence electrons. The molecule has 0 spiro atoms. The molecule has 1 rings (SSSR count). The normalized spacial score (nSPS) is 24.5. The van der Waals surface area contributed by atoms with E-state index in [1.165, 1.54) is 44.1 Å². The number of unbranched alkanes of at least 4 members (excludes halogenated alkanes) is 6. The monoisotopic (exact) mass is 354 g/mol. The maximum Gasteiger partial charge on any atom is 0.184 e. The highest BCUT2D eigenvalue weighted by molar-refractivity contribution is 6.69. The van der Waals surface area contributed by atoms with E-state index in [1.807, 2.05) is 0 Å². The third-order valence-corrected chi connectivity index (χ3v) is 6.38. The van der Waals surface area contributed by atoms with Crippen LogP contribution in [-0.2, 0) is 4.43 Å². The van der Waals surface area contributed by atoms with Gasteiger partial charge in [0.05, 0.1) is 11.7 Å². The molecule has 0 aromatic rings. The van der Waals surface area contributed by atoms with Crippen LogP contribution in [0.5, 0.6) is 0 Å². The molecule has 2 unspecified atom stereocenters. The largest absolute Gasteiger partial charge is 0.411 e. The SMILES string of the molecule is CCCCCCCCCC(C)(O)[C@@H]1CC=C(C)C(O[Si](C)(C)C)C1. The highest BCUT2D eigenvalue weighted by Gasteiger charge is 2.36. The fraction of sp³-hybridized carbons (Fsp3) is 0.905. The van der Waals surface area contributed by atoms with Gasteiger partial charge in [0.15, 0.2) is 8.32 Å². The van der Waals surface area contributed by atoms with Gasteiger partial charge < -0.3 is 9.53 Å². The summed E-state index contributed by atoms with van der Waals surface area (Å²) < 4.78 is 6.36. The second kappa shape index (κ2) is 10.1. The minimum Gasteiger partial charge on any atom is -0.411 e. The maximum absolute atomic E-state index is 11.0. The van der Waals surface area contributed by atoms with E-state index >= 15 is 0 Å². The zero-order chi connectivity index (χ0) is 18.2. The highest BCUT2D eigenvalue weighted by atomic mass is 28.4. The Morgan fingerprint density at radius 2 is 1.71 bits per heavy atom. The fourth-order valence-corrected chi connectivity index (χ4v) is 4.86. The van der Waals surface area contributed by atoms with E-state index < -0.39 is 13.9 Å². The molecule has 1 N–H and O–H groups in total. The zero-order valence-corrected chi connectivity index (χ0v) is 18.2. The Labute approximate surface area is 152 Å². The van der Waals surface area contributed by atoms with Gasteiger partial charge in [-0.05, 0) is 64.2 Å². The van der Waals surface area contributed by atoms with Gasteiger partial charge in [-0.1, -0.05) is 57.9 Å². The lowest BCUT2D eigenvalue weighted by Gasteiger charge is -2.40. The van der Waals surface area contributed by atoms with Crippen molar-refractivity contribution in [1.82, 2.24) is 0 Å². The number of allylic oxidation sites excluding steroid dienone is 1. The highest BCUT2D eigenvalue weighted by Crippen LogP contribution is 2.37. The Kier molecular flexibility index (Phi) is 9.25. The summed E-state index contributed by atoms with van der Waals surface area (Å²) in [5.74, 6) is 0.336. The first-order valence-electron chi connectivity index (χ1n) is 10.2. The predicted molar refractivity (Wildman–Crippen MR) is 108 cm³/mol. The Balaban J connectivity index is 2.40. The van der Waals surface area contributed by atoms with Crippen LogP contribution >= 0.6 is 0 Å². The minimum atomic E-state index is -1.54.